The third kappa shape index (κ3) is 6.36. The molecule has 148 valence electrons. The summed E-state index contributed by atoms with van der Waals surface area (Å²) in [5, 5.41) is 1.56. The second-order valence-corrected chi connectivity index (χ2v) is 8.99. The van der Waals surface area contributed by atoms with Crippen molar-refractivity contribution in [1.82, 2.24) is 0 Å². The Morgan fingerprint density at radius 2 is 1.71 bits per heavy atom. The van der Waals surface area contributed by atoms with E-state index in [4.69, 9.17) is 9.47 Å². The summed E-state index contributed by atoms with van der Waals surface area (Å²) in [6, 6.07) is 20.3. The minimum atomic E-state index is -0.0239. The zero-order chi connectivity index (χ0) is 19.6. The van der Waals surface area contributed by atoms with Crippen LogP contribution in [-0.4, -0.2) is 25.6 Å². The molecule has 0 fully saturated rings. The van der Waals surface area contributed by atoms with E-state index in [9.17, 15) is 4.79 Å². The van der Waals surface area contributed by atoms with Gasteiger partial charge >= 0.3 is 0 Å². The predicted octanol–water partition coefficient (Wildman–Crippen LogP) is 5.93. The molecule has 0 N–H and O–H groups in total. The number of fused-ring (bicyclic) bond motifs is 1. The summed E-state index contributed by atoms with van der Waals surface area (Å²) < 4.78 is 12.3. The summed E-state index contributed by atoms with van der Waals surface area (Å²) >= 11 is 3.19. The van der Waals surface area contributed by atoms with E-state index < -0.39 is 0 Å². The molecule has 0 radical (unpaired) electrons. The summed E-state index contributed by atoms with van der Waals surface area (Å²) in [4.78, 5) is 12.1. The second kappa shape index (κ2) is 11.2. The van der Waals surface area contributed by atoms with Crippen molar-refractivity contribution < 1.29 is 9.47 Å². The van der Waals surface area contributed by atoms with Gasteiger partial charge < -0.3 is 9.47 Å². The molecule has 0 saturated carbocycles. The zero-order valence-corrected chi connectivity index (χ0v) is 17.8. The Kier molecular flexibility index (Phi) is 8.40. The highest BCUT2D eigenvalue weighted by Gasteiger charge is 2.05. The van der Waals surface area contributed by atoms with Gasteiger partial charge in [0.15, 0.2) is 5.75 Å². The minimum Gasteiger partial charge on any atom is -0.488 e. The van der Waals surface area contributed by atoms with E-state index in [1.54, 1.807) is 0 Å². The van der Waals surface area contributed by atoms with Gasteiger partial charge in [-0.25, -0.2) is 0 Å². The molecule has 1 aromatic heterocycles. The van der Waals surface area contributed by atoms with Gasteiger partial charge in [0.1, 0.15) is 0 Å². The van der Waals surface area contributed by atoms with Crippen molar-refractivity contribution in [3.05, 3.63) is 75.8 Å². The van der Waals surface area contributed by atoms with Crippen molar-refractivity contribution in [3.63, 3.8) is 0 Å². The molecule has 0 saturated heterocycles. The van der Waals surface area contributed by atoms with Gasteiger partial charge in [-0.1, -0.05) is 59.9 Å². The molecule has 2 aromatic carbocycles. The number of ether oxygens (including phenoxy) is 2. The van der Waals surface area contributed by atoms with Crippen molar-refractivity contribution in [1.29, 1.82) is 0 Å². The lowest BCUT2D eigenvalue weighted by Crippen LogP contribution is -2.08. The van der Waals surface area contributed by atoms with E-state index in [-0.39, 0.29) is 4.74 Å². The minimum absolute atomic E-state index is 0.0239. The van der Waals surface area contributed by atoms with E-state index in [1.165, 1.54) is 16.9 Å². The first kappa shape index (κ1) is 20.9. The molecule has 0 amide bonds. The molecule has 0 aliphatic rings. The van der Waals surface area contributed by atoms with Gasteiger partial charge in [-0.2, -0.15) is 11.8 Å². The molecule has 0 aliphatic carbocycles. The van der Waals surface area contributed by atoms with E-state index in [0.717, 1.165) is 35.3 Å². The molecular weight excluding hydrogens is 388 g/mol. The Bertz CT molecular complexity index is 908. The van der Waals surface area contributed by atoms with Gasteiger partial charge in [-0.05, 0) is 42.2 Å². The highest BCUT2D eigenvalue weighted by molar-refractivity contribution is 7.99. The van der Waals surface area contributed by atoms with Crippen molar-refractivity contribution >= 4 is 33.2 Å². The Balaban J connectivity index is 1.27. The van der Waals surface area contributed by atoms with Crippen LogP contribution in [0.15, 0.2) is 65.5 Å². The Morgan fingerprint density at radius 3 is 2.57 bits per heavy atom. The fourth-order valence-electron chi connectivity index (χ4n) is 2.83. The van der Waals surface area contributed by atoms with Crippen LogP contribution in [-0.2, 0) is 4.74 Å². The van der Waals surface area contributed by atoms with Gasteiger partial charge in [0, 0.05) is 29.6 Å². The van der Waals surface area contributed by atoms with Crippen LogP contribution in [0.1, 0.15) is 30.6 Å². The maximum absolute atomic E-state index is 12.1. The lowest BCUT2D eigenvalue weighted by atomic mass is 10.2. The number of benzene rings is 2. The number of rotatable bonds is 11. The third-order valence-electron chi connectivity index (χ3n) is 4.37. The molecule has 0 spiro atoms. The molecule has 3 rings (SSSR count). The molecule has 3 aromatic rings. The van der Waals surface area contributed by atoms with E-state index in [2.05, 4.69) is 37.3 Å². The van der Waals surface area contributed by atoms with Gasteiger partial charge in [0.05, 0.1) is 6.61 Å². The zero-order valence-electron chi connectivity index (χ0n) is 16.1. The fraction of sp³-hybridized carbons (Fsp3) is 0.348. The SMILES string of the molecule is CC(SCCCOCCCOc1cc2ccccc2sc1=O)c1ccccc1. The Morgan fingerprint density at radius 1 is 0.964 bits per heavy atom. The second-order valence-electron chi connectivity index (χ2n) is 6.53. The Labute approximate surface area is 174 Å². The average molecular weight is 415 g/mol. The van der Waals surface area contributed by atoms with Crippen LogP contribution in [0.4, 0.5) is 0 Å². The summed E-state index contributed by atoms with van der Waals surface area (Å²) in [6.45, 7) is 4.17. The molecule has 1 atom stereocenters. The first-order valence-corrected chi connectivity index (χ1v) is 11.5. The maximum atomic E-state index is 12.1. The lowest BCUT2D eigenvalue weighted by molar-refractivity contribution is 0.120. The van der Waals surface area contributed by atoms with Crippen molar-refractivity contribution in [2.24, 2.45) is 0 Å². The van der Waals surface area contributed by atoms with Crippen LogP contribution in [0.25, 0.3) is 10.1 Å². The molecule has 3 nitrogen and oxygen atoms in total. The first-order valence-electron chi connectivity index (χ1n) is 9.64. The number of hydrogen-bond donors (Lipinski definition) is 0. The van der Waals surface area contributed by atoms with Crippen molar-refractivity contribution in [3.8, 4) is 5.75 Å². The van der Waals surface area contributed by atoms with Crippen LogP contribution in [0.5, 0.6) is 5.75 Å². The topological polar surface area (TPSA) is 35.5 Å². The van der Waals surface area contributed by atoms with E-state index in [0.29, 0.717) is 24.2 Å². The predicted molar refractivity (Wildman–Crippen MR) is 121 cm³/mol. The van der Waals surface area contributed by atoms with Gasteiger partial charge in [0.25, 0.3) is 4.74 Å². The highest BCUT2D eigenvalue weighted by atomic mass is 32.2. The molecule has 5 heteroatoms. The van der Waals surface area contributed by atoms with Gasteiger partial charge in [-0.15, -0.1) is 0 Å². The van der Waals surface area contributed by atoms with Gasteiger partial charge in [0.2, 0.25) is 0 Å². The molecule has 1 heterocycles. The van der Waals surface area contributed by atoms with E-state index in [1.807, 2.05) is 42.1 Å². The molecule has 0 aliphatic heterocycles. The standard InChI is InChI=1S/C23H26O3S2/c1-18(19-9-3-2-4-10-19)27-16-8-14-25-13-7-15-26-21-17-20-11-5-6-12-22(20)28-23(21)24/h2-6,9-12,17-18H,7-8,13-16H2,1H3. The number of hydrogen-bond acceptors (Lipinski definition) is 5. The van der Waals surface area contributed by atoms with E-state index >= 15 is 0 Å². The largest absolute Gasteiger partial charge is 0.488 e. The van der Waals surface area contributed by atoms with Crippen LogP contribution in [0.3, 0.4) is 0 Å². The summed E-state index contributed by atoms with van der Waals surface area (Å²) in [5.74, 6) is 1.53. The fourth-order valence-corrected chi connectivity index (χ4v) is 4.63. The van der Waals surface area contributed by atoms with Crippen LogP contribution in [0, 0.1) is 0 Å². The molecule has 28 heavy (non-hydrogen) atoms. The van der Waals surface area contributed by atoms with Gasteiger partial charge in [-0.3, -0.25) is 4.79 Å². The Hall–Kier alpha value is -1.82. The van der Waals surface area contributed by atoms with Crippen LogP contribution < -0.4 is 9.48 Å². The van der Waals surface area contributed by atoms with Crippen LogP contribution in [0.2, 0.25) is 0 Å². The highest BCUT2D eigenvalue weighted by Crippen LogP contribution is 2.28. The monoisotopic (exact) mass is 414 g/mol. The molecular formula is C23H26O3S2. The molecule has 0 bridgehead atoms. The summed E-state index contributed by atoms with van der Waals surface area (Å²) in [6.07, 6.45) is 1.82. The van der Waals surface area contributed by atoms with Crippen LogP contribution >= 0.6 is 23.1 Å². The normalized spacial score (nSPS) is 12.2. The van der Waals surface area contributed by atoms with Crippen molar-refractivity contribution in [2.45, 2.75) is 25.0 Å². The summed E-state index contributed by atoms with van der Waals surface area (Å²) in [5.41, 5.74) is 1.37. The average Bonchev–Trinajstić information content (AvgIpc) is 2.73. The van der Waals surface area contributed by atoms with Crippen molar-refractivity contribution in [2.75, 3.05) is 25.6 Å². The number of thioether (sulfide) groups is 1. The smallest absolute Gasteiger partial charge is 0.274 e. The summed E-state index contributed by atoms with van der Waals surface area (Å²) in [7, 11) is 0. The molecule has 1 unspecified atom stereocenters. The lowest BCUT2D eigenvalue weighted by Gasteiger charge is -2.11. The maximum Gasteiger partial charge on any atom is 0.274 e. The quantitative estimate of drug-likeness (QED) is 0.364. The first-order chi connectivity index (χ1) is 13.7. The third-order valence-corrected chi connectivity index (χ3v) is 6.64.